The van der Waals surface area contributed by atoms with E-state index in [1.165, 1.54) is 19.2 Å². The average molecular weight is 243 g/mol. The van der Waals surface area contributed by atoms with Crippen molar-refractivity contribution in [2.45, 2.75) is 0 Å². The van der Waals surface area contributed by atoms with Crippen LogP contribution in [0, 0.1) is 5.82 Å². The topological polar surface area (TPSA) is 61.3 Å². The second kappa shape index (κ2) is 4.02. The Morgan fingerprint density at radius 2 is 2.25 bits per heavy atom. The van der Waals surface area contributed by atoms with Crippen LogP contribution >= 0.6 is 11.6 Å². The van der Waals surface area contributed by atoms with Crippen LogP contribution in [0.15, 0.2) is 22.7 Å². The molecular weight excluding hydrogens is 235 g/mol. The average Bonchev–Trinajstić information content (AvgIpc) is 2.68. The SMILES string of the molecule is COc1c(-c2cc(N)no2)ccc(Cl)c1F. The van der Waals surface area contributed by atoms with Crippen LogP contribution in [0.3, 0.4) is 0 Å². The van der Waals surface area contributed by atoms with E-state index >= 15 is 0 Å². The highest BCUT2D eigenvalue weighted by atomic mass is 35.5. The van der Waals surface area contributed by atoms with Crippen LogP contribution in [-0.2, 0) is 0 Å². The predicted octanol–water partition coefficient (Wildman–Crippen LogP) is 2.72. The highest BCUT2D eigenvalue weighted by Gasteiger charge is 2.17. The quantitative estimate of drug-likeness (QED) is 0.880. The lowest BCUT2D eigenvalue weighted by molar-refractivity contribution is 0.383. The van der Waals surface area contributed by atoms with E-state index in [1.807, 2.05) is 0 Å². The summed E-state index contributed by atoms with van der Waals surface area (Å²) < 4.78 is 23.5. The lowest BCUT2D eigenvalue weighted by atomic mass is 10.1. The van der Waals surface area contributed by atoms with Gasteiger partial charge in [0, 0.05) is 6.07 Å². The summed E-state index contributed by atoms with van der Waals surface area (Å²) in [6, 6.07) is 4.46. The fourth-order valence-corrected chi connectivity index (χ4v) is 1.49. The number of ether oxygens (including phenoxy) is 1. The Bertz CT molecular complexity index is 528. The molecule has 0 aliphatic carbocycles. The largest absolute Gasteiger partial charge is 0.493 e. The fraction of sp³-hybridized carbons (Fsp3) is 0.100. The standard InChI is InChI=1S/C10H8ClFN2O2/c1-15-10-5(2-3-6(11)9(10)12)7-4-8(13)14-16-7/h2-4H,1H3,(H2,13,14). The number of methoxy groups -OCH3 is 1. The van der Waals surface area contributed by atoms with E-state index in [-0.39, 0.29) is 16.6 Å². The summed E-state index contributed by atoms with van der Waals surface area (Å²) in [6.45, 7) is 0. The molecule has 84 valence electrons. The summed E-state index contributed by atoms with van der Waals surface area (Å²) >= 11 is 5.63. The molecule has 2 N–H and O–H groups in total. The summed E-state index contributed by atoms with van der Waals surface area (Å²) in [5.74, 6) is -0.0994. The van der Waals surface area contributed by atoms with Crippen LogP contribution in [0.5, 0.6) is 5.75 Å². The monoisotopic (exact) mass is 242 g/mol. The molecule has 1 heterocycles. The van der Waals surface area contributed by atoms with E-state index in [9.17, 15) is 4.39 Å². The zero-order valence-corrected chi connectivity index (χ0v) is 9.08. The molecule has 0 fully saturated rings. The Balaban J connectivity index is 2.61. The van der Waals surface area contributed by atoms with Gasteiger partial charge in [-0.25, -0.2) is 4.39 Å². The minimum atomic E-state index is -0.642. The Labute approximate surface area is 95.7 Å². The van der Waals surface area contributed by atoms with Gasteiger partial charge in [-0.15, -0.1) is 0 Å². The molecule has 0 atom stereocenters. The normalized spacial score (nSPS) is 10.4. The van der Waals surface area contributed by atoms with Gasteiger partial charge in [0.25, 0.3) is 0 Å². The summed E-state index contributed by atoms with van der Waals surface area (Å²) in [5, 5.41) is 3.49. The molecule has 0 bridgehead atoms. The molecule has 2 aromatic rings. The Kier molecular flexibility index (Phi) is 2.70. The second-order valence-corrected chi connectivity index (χ2v) is 3.47. The first-order chi connectivity index (χ1) is 7.63. The number of aromatic nitrogens is 1. The van der Waals surface area contributed by atoms with E-state index in [0.29, 0.717) is 11.3 Å². The molecule has 0 amide bonds. The zero-order valence-electron chi connectivity index (χ0n) is 8.33. The highest BCUT2D eigenvalue weighted by Crippen LogP contribution is 2.36. The van der Waals surface area contributed by atoms with Crippen molar-refractivity contribution in [3.05, 3.63) is 29.0 Å². The molecule has 4 nitrogen and oxygen atoms in total. The maximum absolute atomic E-state index is 13.6. The maximum atomic E-state index is 13.6. The predicted molar refractivity (Wildman–Crippen MR) is 57.9 cm³/mol. The number of anilines is 1. The number of rotatable bonds is 2. The van der Waals surface area contributed by atoms with E-state index in [2.05, 4.69) is 5.16 Å². The minimum Gasteiger partial charge on any atom is -0.493 e. The highest BCUT2D eigenvalue weighted by molar-refractivity contribution is 6.31. The van der Waals surface area contributed by atoms with Gasteiger partial charge in [0.1, 0.15) is 0 Å². The van der Waals surface area contributed by atoms with Gasteiger partial charge in [-0.1, -0.05) is 16.8 Å². The van der Waals surface area contributed by atoms with Crippen molar-refractivity contribution in [1.82, 2.24) is 5.16 Å². The van der Waals surface area contributed by atoms with E-state index in [0.717, 1.165) is 0 Å². The summed E-state index contributed by atoms with van der Waals surface area (Å²) in [7, 11) is 1.35. The van der Waals surface area contributed by atoms with Gasteiger partial charge in [-0.05, 0) is 12.1 Å². The van der Waals surface area contributed by atoms with Crippen molar-refractivity contribution in [2.75, 3.05) is 12.8 Å². The molecule has 0 saturated heterocycles. The third-order valence-electron chi connectivity index (χ3n) is 2.05. The fourth-order valence-electron chi connectivity index (χ4n) is 1.34. The minimum absolute atomic E-state index is 0.00338. The number of halogens is 2. The Morgan fingerprint density at radius 1 is 1.50 bits per heavy atom. The number of nitrogen functional groups attached to an aromatic ring is 1. The summed E-state index contributed by atoms with van der Waals surface area (Å²) in [4.78, 5) is 0. The molecule has 1 aromatic heterocycles. The van der Waals surface area contributed by atoms with Crippen molar-refractivity contribution in [2.24, 2.45) is 0 Å². The van der Waals surface area contributed by atoms with Crippen molar-refractivity contribution in [3.8, 4) is 17.1 Å². The van der Waals surface area contributed by atoms with Crippen LogP contribution in [0.4, 0.5) is 10.2 Å². The zero-order chi connectivity index (χ0) is 11.7. The van der Waals surface area contributed by atoms with E-state index < -0.39 is 5.82 Å². The van der Waals surface area contributed by atoms with Gasteiger partial charge in [-0.2, -0.15) is 0 Å². The third kappa shape index (κ3) is 1.69. The number of hydrogen-bond donors (Lipinski definition) is 1. The Hall–Kier alpha value is -1.75. The van der Waals surface area contributed by atoms with Gasteiger partial charge >= 0.3 is 0 Å². The molecule has 1 aromatic carbocycles. The van der Waals surface area contributed by atoms with Crippen molar-refractivity contribution >= 4 is 17.4 Å². The van der Waals surface area contributed by atoms with Crippen LogP contribution < -0.4 is 10.5 Å². The summed E-state index contributed by atoms with van der Waals surface area (Å²) in [6.07, 6.45) is 0. The van der Waals surface area contributed by atoms with Crippen LogP contribution in [0.1, 0.15) is 0 Å². The second-order valence-electron chi connectivity index (χ2n) is 3.06. The van der Waals surface area contributed by atoms with Crippen molar-refractivity contribution in [1.29, 1.82) is 0 Å². The smallest absolute Gasteiger partial charge is 0.184 e. The molecular formula is C10H8ClFN2O2. The molecule has 0 aliphatic heterocycles. The molecule has 6 heteroatoms. The van der Waals surface area contributed by atoms with E-state index in [1.54, 1.807) is 6.07 Å². The molecule has 2 rings (SSSR count). The first-order valence-corrected chi connectivity index (χ1v) is 4.76. The van der Waals surface area contributed by atoms with Crippen LogP contribution in [0.2, 0.25) is 5.02 Å². The van der Waals surface area contributed by atoms with Crippen molar-refractivity contribution < 1.29 is 13.7 Å². The summed E-state index contributed by atoms with van der Waals surface area (Å²) in [5.41, 5.74) is 5.82. The number of hydrogen-bond acceptors (Lipinski definition) is 4. The van der Waals surface area contributed by atoms with Crippen LogP contribution in [-0.4, -0.2) is 12.3 Å². The first kappa shape index (κ1) is 10.8. The van der Waals surface area contributed by atoms with Gasteiger partial charge in [0.05, 0.1) is 17.7 Å². The molecule has 0 saturated carbocycles. The van der Waals surface area contributed by atoms with Gasteiger partial charge in [0.15, 0.2) is 23.1 Å². The number of nitrogens with zero attached hydrogens (tertiary/aromatic N) is 1. The lowest BCUT2D eigenvalue weighted by Crippen LogP contribution is -1.92. The maximum Gasteiger partial charge on any atom is 0.184 e. The Morgan fingerprint density at radius 3 is 2.81 bits per heavy atom. The van der Waals surface area contributed by atoms with E-state index in [4.69, 9.17) is 26.6 Å². The molecule has 16 heavy (non-hydrogen) atoms. The lowest BCUT2D eigenvalue weighted by Gasteiger charge is -2.07. The van der Waals surface area contributed by atoms with Crippen molar-refractivity contribution in [3.63, 3.8) is 0 Å². The van der Waals surface area contributed by atoms with Gasteiger partial charge in [-0.3, -0.25) is 0 Å². The molecule has 0 radical (unpaired) electrons. The molecule has 0 spiro atoms. The number of benzene rings is 1. The van der Waals surface area contributed by atoms with Crippen LogP contribution in [0.25, 0.3) is 11.3 Å². The number of nitrogens with two attached hydrogens (primary N) is 1. The van der Waals surface area contributed by atoms with Gasteiger partial charge < -0.3 is 15.0 Å². The molecule has 0 unspecified atom stereocenters. The first-order valence-electron chi connectivity index (χ1n) is 4.38. The third-order valence-corrected chi connectivity index (χ3v) is 2.34. The van der Waals surface area contributed by atoms with Gasteiger partial charge in [0.2, 0.25) is 0 Å². The molecule has 0 aliphatic rings.